The lowest BCUT2D eigenvalue weighted by atomic mass is 10.2. The van der Waals surface area contributed by atoms with E-state index in [-0.39, 0.29) is 5.82 Å². The number of fused-ring (bicyclic) bond motifs is 1. The molecule has 1 aromatic carbocycles. The van der Waals surface area contributed by atoms with Crippen LogP contribution in [0.5, 0.6) is 0 Å². The summed E-state index contributed by atoms with van der Waals surface area (Å²) >= 11 is 1.79. The molecule has 1 unspecified atom stereocenters. The summed E-state index contributed by atoms with van der Waals surface area (Å²) < 4.78 is 25.7. The first-order chi connectivity index (χ1) is 14.6. The molecule has 5 rings (SSSR count). The zero-order valence-corrected chi connectivity index (χ0v) is 18.8. The molecule has 1 aliphatic carbocycles. The van der Waals surface area contributed by atoms with E-state index in [0.717, 1.165) is 83.5 Å². The molecule has 1 atom stereocenters. The molecule has 0 radical (unpaired) electrons. The van der Waals surface area contributed by atoms with Crippen LogP contribution >= 0.6 is 11.8 Å². The lowest BCUT2D eigenvalue weighted by molar-refractivity contribution is 0.290. The number of hydrogen-bond donors (Lipinski definition) is 2. The maximum Gasteiger partial charge on any atom is 0.126 e. The average molecular weight is 449 g/mol. The standard InChI is InChI=1S/C22H29FN4OS2/c23-16-11-15-12-20(26-21(15)19(13-16)24-17-3-1-2-4-17)22-25-18(14-29-22)5-6-27-7-9-30(28)10-8-27/h11-13,17-18,24,26H,1-10,14H2. The van der Waals surface area contributed by atoms with Crippen molar-refractivity contribution >= 4 is 44.2 Å². The predicted octanol–water partition coefficient (Wildman–Crippen LogP) is 3.98. The van der Waals surface area contributed by atoms with Crippen LogP contribution in [0.3, 0.4) is 0 Å². The first kappa shape index (κ1) is 20.5. The van der Waals surface area contributed by atoms with Crippen LogP contribution < -0.4 is 5.32 Å². The molecule has 2 aliphatic heterocycles. The second-order valence-corrected chi connectivity index (χ2v) is 11.3. The molecule has 1 saturated heterocycles. The van der Waals surface area contributed by atoms with Crippen LogP contribution in [0.2, 0.25) is 0 Å². The van der Waals surface area contributed by atoms with Crippen molar-refractivity contribution < 1.29 is 8.60 Å². The molecule has 3 aliphatic rings. The molecule has 2 N–H and O–H groups in total. The van der Waals surface area contributed by atoms with E-state index >= 15 is 0 Å². The number of hydrogen-bond acceptors (Lipinski definition) is 5. The number of rotatable bonds is 6. The Labute approximate surface area is 183 Å². The maximum atomic E-state index is 14.2. The van der Waals surface area contributed by atoms with Crippen LogP contribution in [0.25, 0.3) is 10.9 Å². The number of halogens is 1. The third-order valence-corrected chi connectivity index (χ3v) is 8.83. The zero-order chi connectivity index (χ0) is 20.5. The van der Waals surface area contributed by atoms with Gasteiger partial charge in [0.25, 0.3) is 0 Å². The van der Waals surface area contributed by atoms with Crippen LogP contribution in [0.4, 0.5) is 10.1 Å². The third-order valence-electron chi connectivity index (χ3n) is 6.40. The number of nitrogens with zero attached hydrogens (tertiary/aromatic N) is 2. The third kappa shape index (κ3) is 4.60. The SMILES string of the molecule is O=S1CCN(CCC2CSC(c3cc4cc(F)cc(NC5CCCC5)c4[nH]3)=N2)CC1. The largest absolute Gasteiger partial charge is 0.381 e. The Bertz CT molecular complexity index is 959. The van der Waals surface area contributed by atoms with Crippen molar-refractivity contribution in [3.05, 3.63) is 29.7 Å². The highest BCUT2D eigenvalue weighted by Crippen LogP contribution is 2.32. The summed E-state index contributed by atoms with van der Waals surface area (Å²) in [6.07, 6.45) is 5.84. The molecule has 30 heavy (non-hydrogen) atoms. The molecule has 1 aromatic heterocycles. The molecule has 1 saturated carbocycles. The Balaban J connectivity index is 1.28. The normalized spacial score (nSPS) is 24.0. The van der Waals surface area contributed by atoms with Gasteiger partial charge in [0.1, 0.15) is 10.9 Å². The highest BCUT2D eigenvalue weighted by atomic mass is 32.2. The number of aromatic nitrogens is 1. The summed E-state index contributed by atoms with van der Waals surface area (Å²) in [5.74, 6) is 2.40. The summed E-state index contributed by atoms with van der Waals surface area (Å²) in [6.45, 7) is 2.90. The first-order valence-electron chi connectivity index (χ1n) is 11.0. The number of anilines is 1. The number of thioether (sulfide) groups is 1. The van der Waals surface area contributed by atoms with Crippen molar-refractivity contribution in [2.75, 3.05) is 42.2 Å². The van der Waals surface area contributed by atoms with Crippen molar-refractivity contribution in [2.45, 2.75) is 44.2 Å². The highest BCUT2D eigenvalue weighted by Gasteiger charge is 2.24. The molecular formula is C22H29FN4OS2. The van der Waals surface area contributed by atoms with E-state index in [1.807, 2.05) is 6.07 Å². The van der Waals surface area contributed by atoms with Crippen LogP contribution in [-0.4, -0.2) is 68.1 Å². The van der Waals surface area contributed by atoms with Gasteiger partial charge in [0.05, 0.1) is 22.9 Å². The van der Waals surface area contributed by atoms with Gasteiger partial charge in [-0.3, -0.25) is 9.20 Å². The molecule has 162 valence electrons. The second-order valence-electron chi connectivity index (χ2n) is 8.60. The van der Waals surface area contributed by atoms with Gasteiger partial charge >= 0.3 is 0 Å². The van der Waals surface area contributed by atoms with E-state index in [0.29, 0.717) is 12.1 Å². The molecular weight excluding hydrogens is 419 g/mol. The number of nitrogens with one attached hydrogen (secondary N) is 2. The average Bonchev–Trinajstić information content (AvgIpc) is 3.48. The minimum atomic E-state index is -0.620. The van der Waals surface area contributed by atoms with Gasteiger partial charge in [0.2, 0.25) is 0 Å². The van der Waals surface area contributed by atoms with Gasteiger partial charge in [-0.25, -0.2) is 4.39 Å². The number of aromatic amines is 1. The van der Waals surface area contributed by atoms with Crippen molar-refractivity contribution in [1.82, 2.24) is 9.88 Å². The molecule has 0 spiro atoms. The Kier molecular flexibility index (Phi) is 6.16. The van der Waals surface area contributed by atoms with E-state index in [1.54, 1.807) is 23.9 Å². The molecule has 0 amide bonds. The Morgan fingerprint density at radius 2 is 2.03 bits per heavy atom. The minimum absolute atomic E-state index is 0.199. The van der Waals surface area contributed by atoms with E-state index in [9.17, 15) is 8.60 Å². The van der Waals surface area contributed by atoms with Gasteiger partial charge in [0, 0.05) is 59.1 Å². The monoisotopic (exact) mass is 448 g/mol. The van der Waals surface area contributed by atoms with E-state index in [1.165, 1.54) is 12.8 Å². The van der Waals surface area contributed by atoms with Gasteiger partial charge in [-0.05, 0) is 37.5 Å². The van der Waals surface area contributed by atoms with Crippen molar-refractivity contribution in [3.8, 4) is 0 Å². The van der Waals surface area contributed by atoms with Crippen molar-refractivity contribution in [2.24, 2.45) is 4.99 Å². The van der Waals surface area contributed by atoms with Crippen molar-refractivity contribution in [1.29, 1.82) is 0 Å². The Morgan fingerprint density at radius 1 is 1.23 bits per heavy atom. The van der Waals surface area contributed by atoms with Crippen LogP contribution in [-0.2, 0) is 10.8 Å². The lowest BCUT2D eigenvalue weighted by Crippen LogP contribution is -2.39. The van der Waals surface area contributed by atoms with Crippen molar-refractivity contribution in [3.63, 3.8) is 0 Å². The molecule has 2 fully saturated rings. The van der Waals surface area contributed by atoms with E-state index in [2.05, 4.69) is 15.2 Å². The van der Waals surface area contributed by atoms with Gasteiger partial charge in [0.15, 0.2) is 0 Å². The van der Waals surface area contributed by atoms with E-state index < -0.39 is 10.8 Å². The lowest BCUT2D eigenvalue weighted by Gasteiger charge is -2.26. The summed E-state index contributed by atoms with van der Waals surface area (Å²) in [5.41, 5.74) is 2.84. The Hall–Kier alpha value is -1.38. The first-order valence-corrected chi connectivity index (χ1v) is 13.5. The smallest absolute Gasteiger partial charge is 0.126 e. The number of H-pyrrole nitrogens is 1. The highest BCUT2D eigenvalue weighted by molar-refractivity contribution is 8.14. The summed E-state index contributed by atoms with van der Waals surface area (Å²) in [6, 6.07) is 6.01. The minimum Gasteiger partial charge on any atom is -0.381 e. The predicted molar refractivity (Wildman–Crippen MR) is 126 cm³/mol. The topological polar surface area (TPSA) is 60.5 Å². The summed E-state index contributed by atoms with van der Waals surface area (Å²) in [4.78, 5) is 10.9. The maximum absolute atomic E-state index is 14.2. The quantitative estimate of drug-likeness (QED) is 0.702. The fraction of sp³-hybridized carbons (Fsp3) is 0.591. The van der Waals surface area contributed by atoms with E-state index in [4.69, 9.17) is 4.99 Å². The summed E-state index contributed by atoms with van der Waals surface area (Å²) in [7, 11) is -0.620. The zero-order valence-electron chi connectivity index (χ0n) is 17.2. The Morgan fingerprint density at radius 3 is 2.83 bits per heavy atom. The van der Waals surface area contributed by atoms with Crippen LogP contribution in [0.15, 0.2) is 23.2 Å². The van der Waals surface area contributed by atoms with Gasteiger partial charge in [-0.1, -0.05) is 12.8 Å². The molecule has 0 bridgehead atoms. The van der Waals surface area contributed by atoms with Gasteiger partial charge in [-0.15, -0.1) is 11.8 Å². The molecule has 5 nitrogen and oxygen atoms in total. The van der Waals surface area contributed by atoms with Gasteiger partial charge < -0.3 is 15.2 Å². The van der Waals surface area contributed by atoms with Crippen LogP contribution in [0, 0.1) is 5.82 Å². The van der Waals surface area contributed by atoms with Crippen LogP contribution in [0.1, 0.15) is 37.8 Å². The number of aliphatic imine (C=N–C) groups is 1. The molecule has 3 heterocycles. The summed E-state index contributed by atoms with van der Waals surface area (Å²) in [5, 5.41) is 5.48. The fourth-order valence-electron chi connectivity index (χ4n) is 4.67. The molecule has 2 aromatic rings. The molecule has 8 heteroatoms. The van der Waals surface area contributed by atoms with Gasteiger partial charge in [-0.2, -0.15) is 0 Å². The second kappa shape index (κ2) is 9.01. The number of benzene rings is 1. The fourth-order valence-corrected chi connectivity index (χ4v) is 6.88.